The number of aliphatic hydroxyl groups excluding tert-OH is 1. The highest BCUT2D eigenvalue weighted by atomic mass is 16.5. The number of aromatic nitrogens is 1. The van der Waals surface area contributed by atoms with Gasteiger partial charge in [0, 0.05) is 12.7 Å². The predicted octanol–water partition coefficient (Wildman–Crippen LogP) is 0.408. The zero-order valence-corrected chi connectivity index (χ0v) is 9.97. The molecule has 0 spiro atoms. The van der Waals surface area contributed by atoms with E-state index in [9.17, 15) is 14.7 Å². The molecule has 17 heavy (non-hydrogen) atoms. The first-order valence-electron chi connectivity index (χ1n) is 5.00. The van der Waals surface area contributed by atoms with Crippen LogP contribution in [-0.4, -0.2) is 35.8 Å². The van der Waals surface area contributed by atoms with Crippen LogP contribution in [0.4, 0.5) is 0 Å². The van der Waals surface area contributed by atoms with Gasteiger partial charge in [-0.25, -0.2) is 4.79 Å². The average molecular weight is 241 g/mol. The molecule has 1 aromatic rings. The Morgan fingerprint density at radius 3 is 2.53 bits per heavy atom. The van der Waals surface area contributed by atoms with E-state index in [1.807, 2.05) is 0 Å². The first-order valence-corrected chi connectivity index (χ1v) is 5.00. The molecule has 6 heteroatoms. The molecule has 0 aromatic carbocycles. The molecule has 0 aliphatic heterocycles. The van der Waals surface area contributed by atoms with Crippen LogP contribution < -0.4 is 0 Å². The maximum atomic E-state index is 11.3. The topological polar surface area (TPSA) is 77.8 Å². The van der Waals surface area contributed by atoms with Gasteiger partial charge in [0.1, 0.15) is 11.8 Å². The second kappa shape index (κ2) is 5.49. The Morgan fingerprint density at radius 2 is 2.00 bits per heavy atom. The summed E-state index contributed by atoms with van der Waals surface area (Å²) >= 11 is 0. The van der Waals surface area contributed by atoms with Gasteiger partial charge < -0.3 is 19.1 Å². The van der Waals surface area contributed by atoms with Gasteiger partial charge >= 0.3 is 11.9 Å². The van der Waals surface area contributed by atoms with E-state index in [0.29, 0.717) is 11.4 Å². The van der Waals surface area contributed by atoms with Gasteiger partial charge in [-0.15, -0.1) is 0 Å². The quantitative estimate of drug-likeness (QED) is 0.772. The lowest BCUT2D eigenvalue weighted by Gasteiger charge is -2.11. The summed E-state index contributed by atoms with van der Waals surface area (Å²) in [5.74, 6) is -1.01. The molecule has 6 nitrogen and oxygen atoms in total. The SMILES string of the molecule is COC(=O)C[C@H](O)c1ccc(C(=O)OC)n1C. The van der Waals surface area contributed by atoms with Crippen molar-refractivity contribution in [2.45, 2.75) is 12.5 Å². The molecule has 1 rings (SSSR count). The summed E-state index contributed by atoms with van der Waals surface area (Å²) in [7, 11) is 4.14. The van der Waals surface area contributed by atoms with E-state index in [-0.39, 0.29) is 6.42 Å². The number of nitrogens with zero attached hydrogens (tertiary/aromatic N) is 1. The van der Waals surface area contributed by atoms with E-state index in [0.717, 1.165) is 0 Å². The number of methoxy groups -OCH3 is 2. The lowest BCUT2D eigenvalue weighted by Crippen LogP contribution is -2.14. The molecular formula is C11H15NO5. The summed E-state index contributed by atoms with van der Waals surface area (Å²) in [5, 5.41) is 9.80. The molecule has 1 N–H and O–H groups in total. The standard InChI is InChI=1S/C11H15NO5/c1-12-7(9(13)6-10(14)16-2)4-5-8(12)11(15)17-3/h4-5,9,13H,6H2,1-3H3/t9-/m0/s1. The lowest BCUT2D eigenvalue weighted by atomic mass is 10.2. The van der Waals surface area contributed by atoms with Crippen molar-refractivity contribution in [1.29, 1.82) is 0 Å². The third kappa shape index (κ3) is 2.85. The van der Waals surface area contributed by atoms with Crippen molar-refractivity contribution in [2.75, 3.05) is 14.2 Å². The van der Waals surface area contributed by atoms with Gasteiger partial charge in [-0.1, -0.05) is 0 Å². The molecule has 1 atom stereocenters. The molecule has 0 fully saturated rings. The second-order valence-corrected chi connectivity index (χ2v) is 3.49. The first kappa shape index (κ1) is 13.2. The van der Waals surface area contributed by atoms with E-state index in [2.05, 4.69) is 9.47 Å². The molecule has 0 aliphatic carbocycles. The zero-order valence-electron chi connectivity index (χ0n) is 9.97. The average Bonchev–Trinajstić information content (AvgIpc) is 2.69. The van der Waals surface area contributed by atoms with Gasteiger partial charge in [-0.05, 0) is 12.1 Å². The Bertz CT molecular complexity index is 423. The predicted molar refractivity (Wildman–Crippen MR) is 58.3 cm³/mol. The molecule has 94 valence electrons. The monoisotopic (exact) mass is 241 g/mol. The summed E-state index contributed by atoms with van der Waals surface area (Å²) in [6, 6.07) is 3.10. The Labute approximate surface area is 98.7 Å². The van der Waals surface area contributed by atoms with Crippen LogP contribution in [-0.2, 0) is 21.3 Å². The first-order chi connectivity index (χ1) is 8.01. The maximum Gasteiger partial charge on any atom is 0.354 e. The summed E-state index contributed by atoms with van der Waals surface area (Å²) < 4.78 is 10.5. The number of hydrogen-bond donors (Lipinski definition) is 1. The number of carbonyl (C=O) groups excluding carboxylic acids is 2. The fraction of sp³-hybridized carbons (Fsp3) is 0.455. The number of hydrogen-bond acceptors (Lipinski definition) is 5. The summed E-state index contributed by atoms with van der Waals surface area (Å²) in [6.45, 7) is 0. The fourth-order valence-corrected chi connectivity index (χ4v) is 1.52. The largest absolute Gasteiger partial charge is 0.469 e. The molecule has 0 radical (unpaired) electrons. The number of ether oxygens (including phenoxy) is 2. The fourth-order valence-electron chi connectivity index (χ4n) is 1.52. The third-order valence-electron chi connectivity index (χ3n) is 2.48. The van der Waals surface area contributed by atoms with Gasteiger partial charge in [0.2, 0.25) is 0 Å². The Kier molecular flexibility index (Phi) is 4.28. The van der Waals surface area contributed by atoms with Crippen molar-refractivity contribution < 1.29 is 24.2 Å². The van der Waals surface area contributed by atoms with Crippen molar-refractivity contribution in [3.63, 3.8) is 0 Å². The number of rotatable bonds is 4. The molecular weight excluding hydrogens is 226 g/mol. The van der Waals surface area contributed by atoms with Crippen molar-refractivity contribution in [3.8, 4) is 0 Å². The summed E-state index contributed by atoms with van der Waals surface area (Å²) in [6.07, 6.45) is -1.17. The van der Waals surface area contributed by atoms with Crippen LogP contribution in [0.3, 0.4) is 0 Å². The van der Waals surface area contributed by atoms with Gasteiger partial charge in [-0.3, -0.25) is 4.79 Å². The summed E-state index contributed by atoms with van der Waals surface area (Å²) in [5.41, 5.74) is 0.766. The molecule has 0 bridgehead atoms. The van der Waals surface area contributed by atoms with E-state index in [4.69, 9.17) is 0 Å². The minimum atomic E-state index is -1.01. The normalized spacial score (nSPS) is 12.0. The third-order valence-corrected chi connectivity index (χ3v) is 2.48. The number of aliphatic hydroxyl groups is 1. The van der Waals surface area contributed by atoms with Gasteiger partial charge in [0.05, 0.1) is 20.6 Å². The molecule has 0 amide bonds. The van der Waals surface area contributed by atoms with Crippen LogP contribution in [0, 0.1) is 0 Å². The van der Waals surface area contributed by atoms with Crippen LogP contribution in [0.1, 0.15) is 28.7 Å². The van der Waals surface area contributed by atoms with Gasteiger partial charge in [-0.2, -0.15) is 0 Å². The van der Waals surface area contributed by atoms with Crippen LogP contribution in [0.15, 0.2) is 12.1 Å². The highest BCUT2D eigenvalue weighted by Crippen LogP contribution is 2.19. The van der Waals surface area contributed by atoms with E-state index < -0.39 is 18.0 Å². The van der Waals surface area contributed by atoms with E-state index >= 15 is 0 Å². The van der Waals surface area contributed by atoms with E-state index in [1.54, 1.807) is 13.1 Å². The Hall–Kier alpha value is -1.82. The molecule has 0 saturated heterocycles. The highest BCUT2D eigenvalue weighted by Gasteiger charge is 2.20. The van der Waals surface area contributed by atoms with E-state index in [1.165, 1.54) is 24.9 Å². The van der Waals surface area contributed by atoms with Crippen molar-refractivity contribution in [2.24, 2.45) is 7.05 Å². The maximum absolute atomic E-state index is 11.3. The van der Waals surface area contributed by atoms with Crippen LogP contribution >= 0.6 is 0 Å². The molecule has 0 aliphatic rings. The van der Waals surface area contributed by atoms with Crippen molar-refractivity contribution >= 4 is 11.9 Å². The number of esters is 2. The highest BCUT2D eigenvalue weighted by molar-refractivity contribution is 5.87. The smallest absolute Gasteiger partial charge is 0.354 e. The zero-order chi connectivity index (χ0) is 13.0. The minimum Gasteiger partial charge on any atom is -0.469 e. The van der Waals surface area contributed by atoms with Gasteiger partial charge in [0.25, 0.3) is 0 Å². The Balaban J connectivity index is 2.89. The minimum absolute atomic E-state index is 0.158. The number of carbonyl (C=O) groups is 2. The molecule has 1 aromatic heterocycles. The summed E-state index contributed by atoms with van der Waals surface area (Å²) in [4.78, 5) is 22.4. The van der Waals surface area contributed by atoms with Crippen molar-refractivity contribution in [3.05, 3.63) is 23.5 Å². The van der Waals surface area contributed by atoms with Crippen LogP contribution in [0.25, 0.3) is 0 Å². The van der Waals surface area contributed by atoms with Crippen molar-refractivity contribution in [1.82, 2.24) is 4.57 Å². The molecule has 0 saturated carbocycles. The van der Waals surface area contributed by atoms with Crippen LogP contribution in [0.5, 0.6) is 0 Å². The lowest BCUT2D eigenvalue weighted by molar-refractivity contribution is -0.143. The van der Waals surface area contributed by atoms with Gasteiger partial charge in [0.15, 0.2) is 0 Å². The Morgan fingerprint density at radius 1 is 1.35 bits per heavy atom. The second-order valence-electron chi connectivity index (χ2n) is 3.49. The molecule has 1 heterocycles. The molecule has 0 unspecified atom stereocenters. The van der Waals surface area contributed by atoms with Crippen LogP contribution in [0.2, 0.25) is 0 Å².